The van der Waals surface area contributed by atoms with Crippen LogP contribution < -0.4 is 10.3 Å². The van der Waals surface area contributed by atoms with Crippen molar-refractivity contribution in [1.29, 1.82) is 0 Å². The second-order valence-corrected chi connectivity index (χ2v) is 2.59. The minimum absolute atomic E-state index is 0.178. The van der Waals surface area contributed by atoms with E-state index in [1.54, 1.807) is 18.2 Å². The number of rotatable bonds is 1. The van der Waals surface area contributed by atoms with Crippen molar-refractivity contribution in [1.82, 2.24) is 9.97 Å². The van der Waals surface area contributed by atoms with Gasteiger partial charge in [-0.25, -0.2) is 4.98 Å². The second-order valence-electron chi connectivity index (χ2n) is 2.59. The van der Waals surface area contributed by atoms with Crippen molar-refractivity contribution in [2.45, 2.75) is 0 Å². The predicted molar refractivity (Wildman–Crippen MR) is 48.9 cm³/mol. The Kier molecular flexibility index (Phi) is 1.73. The number of aromatic nitrogens is 2. The van der Waals surface area contributed by atoms with Crippen LogP contribution in [0.4, 0.5) is 0 Å². The normalized spacial score (nSPS) is 10.2. The molecule has 1 heterocycles. The van der Waals surface area contributed by atoms with Crippen molar-refractivity contribution in [3.05, 3.63) is 34.9 Å². The van der Waals surface area contributed by atoms with Gasteiger partial charge in [-0.3, -0.25) is 4.79 Å². The first-order chi connectivity index (χ1) is 6.33. The van der Waals surface area contributed by atoms with E-state index in [0.717, 1.165) is 0 Å². The van der Waals surface area contributed by atoms with E-state index in [9.17, 15) is 4.79 Å². The second kappa shape index (κ2) is 2.90. The zero-order valence-electron chi connectivity index (χ0n) is 7.07. The standard InChI is InChI=1S/C9H8N2O2/c1-13-7-4-2-3-6-8(7)9(12)11-5-10-6/h2-5H,1H3,(H,10,11,12). The number of hydrogen-bond acceptors (Lipinski definition) is 3. The molecule has 2 aromatic rings. The molecule has 0 aliphatic heterocycles. The van der Waals surface area contributed by atoms with Gasteiger partial charge in [-0.2, -0.15) is 0 Å². The Morgan fingerprint density at radius 3 is 3.08 bits per heavy atom. The lowest BCUT2D eigenvalue weighted by Gasteiger charge is -2.01. The van der Waals surface area contributed by atoms with E-state index < -0.39 is 0 Å². The van der Waals surface area contributed by atoms with Gasteiger partial charge in [-0.15, -0.1) is 0 Å². The van der Waals surface area contributed by atoms with E-state index in [1.807, 2.05) is 0 Å². The largest absolute Gasteiger partial charge is 0.496 e. The number of ether oxygens (including phenoxy) is 1. The fraction of sp³-hybridized carbons (Fsp3) is 0.111. The van der Waals surface area contributed by atoms with Crippen LogP contribution in [0, 0.1) is 0 Å². The molecule has 0 unspecified atom stereocenters. The number of fused-ring (bicyclic) bond motifs is 1. The molecule has 0 amide bonds. The fourth-order valence-corrected chi connectivity index (χ4v) is 1.26. The summed E-state index contributed by atoms with van der Waals surface area (Å²) in [5, 5.41) is 0.493. The summed E-state index contributed by atoms with van der Waals surface area (Å²) in [6, 6.07) is 5.31. The molecule has 0 aliphatic carbocycles. The van der Waals surface area contributed by atoms with Crippen LogP contribution in [0.15, 0.2) is 29.3 Å². The van der Waals surface area contributed by atoms with Crippen molar-refractivity contribution >= 4 is 10.9 Å². The van der Waals surface area contributed by atoms with Gasteiger partial charge in [-0.05, 0) is 12.1 Å². The number of nitrogens with one attached hydrogen (secondary N) is 1. The Hall–Kier alpha value is -1.84. The minimum atomic E-state index is -0.178. The summed E-state index contributed by atoms with van der Waals surface area (Å²) in [6.45, 7) is 0. The quantitative estimate of drug-likeness (QED) is 0.703. The summed E-state index contributed by atoms with van der Waals surface area (Å²) in [6.07, 6.45) is 1.38. The number of benzene rings is 1. The first kappa shape index (κ1) is 7.79. The van der Waals surface area contributed by atoms with Crippen LogP contribution in [0.25, 0.3) is 10.9 Å². The van der Waals surface area contributed by atoms with E-state index in [4.69, 9.17) is 4.74 Å². The molecule has 0 atom stereocenters. The molecule has 1 N–H and O–H groups in total. The van der Waals surface area contributed by atoms with E-state index in [-0.39, 0.29) is 5.56 Å². The Labute approximate surface area is 74.2 Å². The predicted octanol–water partition coefficient (Wildman–Crippen LogP) is 0.932. The lowest BCUT2D eigenvalue weighted by atomic mass is 10.2. The average Bonchev–Trinajstić information content (AvgIpc) is 2.17. The number of methoxy groups -OCH3 is 1. The van der Waals surface area contributed by atoms with E-state index in [2.05, 4.69) is 9.97 Å². The molecule has 0 spiro atoms. The van der Waals surface area contributed by atoms with Gasteiger partial charge in [0.25, 0.3) is 5.56 Å². The highest BCUT2D eigenvalue weighted by atomic mass is 16.5. The van der Waals surface area contributed by atoms with Crippen LogP contribution in [0.3, 0.4) is 0 Å². The minimum Gasteiger partial charge on any atom is -0.496 e. The molecule has 0 saturated heterocycles. The van der Waals surface area contributed by atoms with E-state index >= 15 is 0 Å². The lowest BCUT2D eigenvalue weighted by molar-refractivity contribution is 0.419. The number of hydrogen-bond donors (Lipinski definition) is 1. The maximum atomic E-state index is 11.4. The SMILES string of the molecule is COc1cccc2nc[nH]c(=O)c12. The van der Waals surface area contributed by atoms with Crippen LogP contribution in [0.1, 0.15) is 0 Å². The highest BCUT2D eigenvalue weighted by Crippen LogP contribution is 2.18. The van der Waals surface area contributed by atoms with Gasteiger partial charge in [0.05, 0.1) is 19.0 Å². The van der Waals surface area contributed by atoms with Crippen molar-refractivity contribution in [3.63, 3.8) is 0 Å². The molecule has 13 heavy (non-hydrogen) atoms. The molecule has 0 bridgehead atoms. The molecule has 0 radical (unpaired) electrons. The van der Waals surface area contributed by atoms with Gasteiger partial charge < -0.3 is 9.72 Å². The smallest absolute Gasteiger partial charge is 0.262 e. The molecule has 1 aromatic heterocycles. The molecule has 0 saturated carbocycles. The molecular formula is C9H8N2O2. The Bertz CT molecular complexity index is 485. The van der Waals surface area contributed by atoms with Gasteiger partial charge >= 0.3 is 0 Å². The lowest BCUT2D eigenvalue weighted by Crippen LogP contribution is -2.07. The maximum Gasteiger partial charge on any atom is 0.262 e. The van der Waals surface area contributed by atoms with Crippen molar-refractivity contribution < 1.29 is 4.74 Å². The fourth-order valence-electron chi connectivity index (χ4n) is 1.26. The Morgan fingerprint density at radius 1 is 1.46 bits per heavy atom. The van der Waals surface area contributed by atoms with Crippen molar-refractivity contribution in [2.24, 2.45) is 0 Å². The molecule has 0 aliphatic rings. The highest BCUT2D eigenvalue weighted by molar-refractivity contribution is 5.83. The first-order valence-corrected chi connectivity index (χ1v) is 3.83. The molecular weight excluding hydrogens is 168 g/mol. The third-order valence-corrected chi connectivity index (χ3v) is 1.85. The van der Waals surface area contributed by atoms with Crippen LogP contribution in [0.2, 0.25) is 0 Å². The van der Waals surface area contributed by atoms with Crippen molar-refractivity contribution in [2.75, 3.05) is 7.11 Å². The molecule has 0 fully saturated rings. The van der Waals surface area contributed by atoms with Crippen LogP contribution in [-0.2, 0) is 0 Å². The van der Waals surface area contributed by atoms with Gasteiger partial charge in [-0.1, -0.05) is 6.07 Å². The number of nitrogens with zero attached hydrogens (tertiary/aromatic N) is 1. The average molecular weight is 176 g/mol. The van der Waals surface area contributed by atoms with Gasteiger partial charge in [0.2, 0.25) is 0 Å². The maximum absolute atomic E-state index is 11.4. The molecule has 1 aromatic carbocycles. The zero-order valence-corrected chi connectivity index (χ0v) is 7.07. The molecule has 4 heteroatoms. The zero-order chi connectivity index (χ0) is 9.26. The topological polar surface area (TPSA) is 55.0 Å². The molecule has 2 rings (SSSR count). The monoisotopic (exact) mass is 176 g/mol. The van der Waals surface area contributed by atoms with Gasteiger partial charge in [0, 0.05) is 0 Å². The summed E-state index contributed by atoms with van der Waals surface area (Å²) in [7, 11) is 1.53. The molecule has 66 valence electrons. The van der Waals surface area contributed by atoms with Crippen LogP contribution >= 0.6 is 0 Å². The van der Waals surface area contributed by atoms with Gasteiger partial charge in [0.1, 0.15) is 11.1 Å². The van der Waals surface area contributed by atoms with Crippen LogP contribution in [0.5, 0.6) is 5.75 Å². The number of aromatic amines is 1. The van der Waals surface area contributed by atoms with E-state index in [0.29, 0.717) is 16.7 Å². The Morgan fingerprint density at radius 2 is 2.31 bits per heavy atom. The summed E-state index contributed by atoms with van der Waals surface area (Å²) in [4.78, 5) is 17.9. The number of H-pyrrole nitrogens is 1. The van der Waals surface area contributed by atoms with Crippen molar-refractivity contribution in [3.8, 4) is 5.75 Å². The van der Waals surface area contributed by atoms with E-state index in [1.165, 1.54) is 13.4 Å². The molecule has 4 nitrogen and oxygen atoms in total. The van der Waals surface area contributed by atoms with Gasteiger partial charge in [0.15, 0.2) is 0 Å². The third kappa shape index (κ3) is 1.16. The third-order valence-electron chi connectivity index (χ3n) is 1.85. The summed E-state index contributed by atoms with van der Waals surface area (Å²) >= 11 is 0. The summed E-state index contributed by atoms with van der Waals surface area (Å²) in [5.74, 6) is 0.548. The summed E-state index contributed by atoms with van der Waals surface area (Å²) < 4.78 is 5.05. The summed E-state index contributed by atoms with van der Waals surface area (Å²) in [5.41, 5.74) is 0.463. The van der Waals surface area contributed by atoms with Crippen LogP contribution in [-0.4, -0.2) is 17.1 Å². The Balaban J connectivity index is 2.95. The first-order valence-electron chi connectivity index (χ1n) is 3.83. The highest BCUT2D eigenvalue weighted by Gasteiger charge is 2.04.